The van der Waals surface area contributed by atoms with E-state index in [1.165, 1.54) is 0 Å². The lowest BCUT2D eigenvalue weighted by molar-refractivity contribution is -0.139. The highest BCUT2D eigenvalue weighted by atomic mass is 16.4. The van der Waals surface area contributed by atoms with Crippen molar-refractivity contribution in [3.05, 3.63) is 35.4 Å². The molecule has 1 rings (SSSR count). The van der Waals surface area contributed by atoms with Crippen molar-refractivity contribution in [2.45, 2.75) is 26.7 Å². The van der Waals surface area contributed by atoms with Gasteiger partial charge in [0.05, 0.1) is 11.0 Å². The number of hydrogen-bond donors (Lipinski definition) is 2. The summed E-state index contributed by atoms with van der Waals surface area (Å²) in [6.45, 7) is 4.58. The van der Waals surface area contributed by atoms with Crippen LogP contribution in [0.2, 0.25) is 0 Å². The molecule has 0 heterocycles. The highest BCUT2D eigenvalue weighted by Crippen LogP contribution is 2.22. The lowest BCUT2D eigenvalue weighted by Gasteiger charge is -2.30. The molecule has 0 aliphatic carbocycles. The van der Waals surface area contributed by atoms with Gasteiger partial charge >= 0.3 is 5.97 Å². The van der Waals surface area contributed by atoms with Gasteiger partial charge in [-0.05, 0) is 31.4 Å². The van der Waals surface area contributed by atoms with Crippen molar-refractivity contribution in [1.29, 1.82) is 0 Å². The van der Waals surface area contributed by atoms with E-state index in [1.54, 1.807) is 36.2 Å². The molecule has 1 aromatic rings. The van der Waals surface area contributed by atoms with E-state index >= 15 is 0 Å². The van der Waals surface area contributed by atoms with E-state index in [9.17, 15) is 9.59 Å². The van der Waals surface area contributed by atoms with Crippen molar-refractivity contribution >= 4 is 11.9 Å². The van der Waals surface area contributed by atoms with E-state index < -0.39 is 11.4 Å². The maximum absolute atomic E-state index is 12.4. The molecule has 0 aliphatic heterocycles. The first-order valence-electron chi connectivity index (χ1n) is 7.12. The fourth-order valence-corrected chi connectivity index (χ4v) is 2.18. The number of rotatable bonds is 7. The predicted octanol–water partition coefficient (Wildman–Crippen LogP) is 1.76. The van der Waals surface area contributed by atoms with Gasteiger partial charge in [0.2, 0.25) is 5.91 Å². The molecular weight excluding hydrogens is 268 g/mol. The number of carboxylic acids is 1. The van der Waals surface area contributed by atoms with Crippen molar-refractivity contribution in [3.8, 4) is 0 Å². The molecule has 0 saturated carbocycles. The number of nitrogens with zero attached hydrogens (tertiary/aromatic N) is 1. The van der Waals surface area contributed by atoms with Crippen LogP contribution < -0.4 is 5.73 Å². The van der Waals surface area contributed by atoms with Gasteiger partial charge in [0, 0.05) is 20.1 Å². The molecule has 0 radical (unpaired) electrons. The number of nitrogens with two attached hydrogens (primary N) is 1. The number of carboxylic acid groups (broad SMARTS) is 1. The number of carbonyl (C=O) groups is 2. The minimum Gasteiger partial charge on any atom is -0.478 e. The van der Waals surface area contributed by atoms with Crippen molar-refractivity contribution in [2.75, 3.05) is 20.1 Å². The van der Waals surface area contributed by atoms with Crippen LogP contribution >= 0.6 is 0 Å². The molecule has 0 fully saturated rings. The van der Waals surface area contributed by atoms with Crippen LogP contribution in [0, 0.1) is 5.41 Å². The number of aromatic carboxylic acids is 1. The van der Waals surface area contributed by atoms with Crippen LogP contribution in [0.3, 0.4) is 0 Å². The summed E-state index contributed by atoms with van der Waals surface area (Å²) in [6, 6.07) is 6.86. The number of likely N-dealkylation sites (N-methyl/N-ethyl adjacent to an activating group) is 1. The molecule has 116 valence electrons. The van der Waals surface area contributed by atoms with Gasteiger partial charge in [0.15, 0.2) is 0 Å². The maximum Gasteiger partial charge on any atom is 0.335 e. The first-order chi connectivity index (χ1) is 9.85. The average Bonchev–Trinajstić information content (AvgIpc) is 2.51. The van der Waals surface area contributed by atoms with Crippen LogP contribution in [0.25, 0.3) is 0 Å². The Balaban J connectivity index is 2.76. The zero-order valence-corrected chi connectivity index (χ0v) is 12.9. The standard InChI is InChI=1S/C16H24N2O3/c1-4-16(2,11-17)15(21)18(3)10-9-12-7-5-6-8-13(12)14(19)20/h5-8H,4,9-11,17H2,1-3H3,(H,19,20). The largest absolute Gasteiger partial charge is 0.478 e. The molecule has 1 amide bonds. The molecule has 1 aromatic carbocycles. The first kappa shape index (κ1) is 17.2. The maximum atomic E-state index is 12.4. The summed E-state index contributed by atoms with van der Waals surface area (Å²) in [5.74, 6) is -0.944. The second-order valence-electron chi connectivity index (χ2n) is 5.56. The monoisotopic (exact) mass is 292 g/mol. The van der Waals surface area contributed by atoms with Gasteiger partial charge in [-0.1, -0.05) is 25.1 Å². The van der Waals surface area contributed by atoms with Gasteiger partial charge in [-0.25, -0.2) is 4.79 Å². The van der Waals surface area contributed by atoms with Gasteiger partial charge < -0.3 is 15.7 Å². The van der Waals surface area contributed by atoms with E-state index in [2.05, 4.69) is 0 Å². The highest BCUT2D eigenvalue weighted by Gasteiger charge is 2.32. The Morgan fingerprint density at radius 3 is 2.48 bits per heavy atom. The van der Waals surface area contributed by atoms with E-state index in [0.717, 1.165) is 5.56 Å². The Morgan fingerprint density at radius 2 is 1.95 bits per heavy atom. The summed E-state index contributed by atoms with van der Waals surface area (Å²) in [5.41, 5.74) is 6.17. The molecule has 21 heavy (non-hydrogen) atoms. The normalized spacial score (nSPS) is 13.5. The summed E-state index contributed by atoms with van der Waals surface area (Å²) in [7, 11) is 1.73. The van der Waals surface area contributed by atoms with Gasteiger partial charge in [0.1, 0.15) is 0 Å². The molecular formula is C16H24N2O3. The fourth-order valence-electron chi connectivity index (χ4n) is 2.18. The molecule has 1 atom stereocenters. The molecule has 0 aliphatic rings. The lowest BCUT2D eigenvalue weighted by Crippen LogP contribution is -2.45. The minimum atomic E-state index is -0.945. The second kappa shape index (κ2) is 7.22. The Labute approximate surface area is 125 Å². The van der Waals surface area contributed by atoms with Crippen molar-refractivity contribution in [3.63, 3.8) is 0 Å². The Kier molecular flexibility index (Phi) is 5.90. The van der Waals surface area contributed by atoms with Crippen molar-refractivity contribution in [1.82, 2.24) is 4.90 Å². The number of carbonyl (C=O) groups excluding carboxylic acids is 1. The molecule has 0 saturated heterocycles. The third kappa shape index (κ3) is 4.04. The lowest BCUT2D eigenvalue weighted by atomic mass is 9.86. The van der Waals surface area contributed by atoms with Crippen LogP contribution in [0.5, 0.6) is 0 Å². The van der Waals surface area contributed by atoms with Crippen LogP contribution in [0.4, 0.5) is 0 Å². The van der Waals surface area contributed by atoms with Crippen LogP contribution in [0.15, 0.2) is 24.3 Å². The zero-order valence-electron chi connectivity index (χ0n) is 12.9. The molecule has 1 unspecified atom stereocenters. The second-order valence-corrected chi connectivity index (χ2v) is 5.56. The summed E-state index contributed by atoms with van der Waals surface area (Å²) >= 11 is 0. The molecule has 0 aromatic heterocycles. The fraction of sp³-hybridized carbons (Fsp3) is 0.500. The van der Waals surface area contributed by atoms with Gasteiger partial charge in [-0.15, -0.1) is 0 Å². The third-order valence-electron chi connectivity index (χ3n) is 4.06. The van der Waals surface area contributed by atoms with Gasteiger partial charge in [-0.2, -0.15) is 0 Å². The average molecular weight is 292 g/mol. The van der Waals surface area contributed by atoms with E-state index in [1.807, 2.05) is 13.8 Å². The number of hydrogen-bond acceptors (Lipinski definition) is 3. The SMILES string of the molecule is CCC(C)(CN)C(=O)N(C)CCc1ccccc1C(=O)O. The third-order valence-corrected chi connectivity index (χ3v) is 4.06. The highest BCUT2D eigenvalue weighted by molar-refractivity contribution is 5.89. The molecule has 0 bridgehead atoms. The van der Waals surface area contributed by atoms with E-state index in [-0.39, 0.29) is 11.5 Å². The molecule has 3 N–H and O–H groups in total. The Morgan fingerprint density at radius 1 is 1.33 bits per heavy atom. The predicted molar refractivity (Wildman–Crippen MR) is 82.2 cm³/mol. The molecule has 5 nitrogen and oxygen atoms in total. The summed E-state index contributed by atoms with van der Waals surface area (Å²) in [4.78, 5) is 25.2. The van der Waals surface area contributed by atoms with Crippen molar-refractivity contribution in [2.24, 2.45) is 11.1 Å². The van der Waals surface area contributed by atoms with Crippen LogP contribution in [-0.2, 0) is 11.2 Å². The van der Waals surface area contributed by atoms with E-state index in [0.29, 0.717) is 25.9 Å². The van der Waals surface area contributed by atoms with Gasteiger partial charge in [-0.3, -0.25) is 4.79 Å². The van der Waals surface area contributed by atoms with Gasteiger partial charge in [0.25, 0.3) is 0 Å². The molecule has 5 heteroatoms. The summed E-state index contributed by atoms with van der Waals surface area (Å²) in [6.07, 6.45) is 1.19. The van der Waals surface area contributed by atoms with Crippen LogP contribution in [0.1, 0.15) is 36.2 Å². The quantitative estimate of drug-likeness (QED) is 0.802. The topological polar surface area (TPSA) is 83.6 Å². The Bertz CT molecular complexity index is 510. The Hall–Kier alpha value is -1.88. The number of benzene rings is 1. The van der Waals surface area contributed by atoms with Crippen LogP contribution in [-0.4, -0.2) is 42.0 Å². The summed E-state index contributed by atoms with van der Waals surface area (Å²) < 4.78 is 0. The summed E-state index contributed by atoms with van der Waals surface area (Å²) in [5, 5.41) is 9.15. The number of amides is 1. The first-order valence-corrected chi connectivity index (χ1v) is 7.12. The smallest absolute Gasteiger partial charge is 0.335 e. The van der Waals surface area contributed by atoms with E-state index in [4.69, 9.17) is 10.8 Å². The van der Waals surface area contributed by atoms with Crippen molar-refractivity contribution < 1.29 is 14.7 Å². The zero-order chi connectivity index (χ0) is 16.0. The molecule has 0 spiro atoms. The minimum absolute atomic E-state index is 0.000283.